The molecule has 0 aliphatic heterocycles. The van der Waals surface area contributed by atoms with E-state index in [0.717, 1.165) is 38.7 Å². The van der Waals surface area contributed by atoms with Crippen molar-refractivity contribution in [3.05, 3.63) is 87.9 Å². The van der Waals surface area contributed by atoms with Crippen molar-refractivity contribution in [2.45, 2.75) is 38.5 Å². The number of nitrogens with zero attached hydrogens (tertiary/aromatic N) is 4. The Labute approximate surface area is 236 Å². The zero-order valence-electron chi connectivity index (χ0n) is 21.5. The van der Waals surface area contributed by atoms with Crippen LogP contribution in [0.4, 0.5) is 5.13 Å². The van der Waals surface area contributed by atoms with Gasteiger partial charge in [-0.05, 0) is 73.0 Å². The summed E-state index contributed by atoms with van der Waals surface area (Å²) in [6.45, 7) is 6.71. The predicted octanol–water partition coefficient (Wildman–Crippen LogP) is 6.86. The molecule has 4 rings (SSSR count). The summed E-state index contributed by atoms with van der Waals surface area (Å²) in [7, 11) is -3.64. The number of sulfonamides is 1. The number of hydrogen-bond donors (Lipinski definition) is 0. The Morgan fingerprint density at radius 2 is 1.76 bits per heavy atom. The normalized spacial score (nSPS) is 12.0. The third kappa shape index (κ3) is 6.37. The second-order valence-electron chi connectivity index (χ2n) is 8.76. The smallest absolute Gasteiger partial charge is 0.267 e. The standard InChI is InChI=1S/C28H29BrN4O3S2/c1-4-6-17-32(5-2)38(35,36)24-14-10-22(11-15-24)27(34)33(30-19-21-8-12-23(29)13-9-21)28-31-25-16-7-20(3)18-26(25)37-28/h7-16,18-19H,4-6,17H2,1-3H3/b30-19+. The highest BCUT2D eigenvalue weighted by molar-refractivity contribution is 9.10. The molecule has 0 fully saturated rings. The van der Waals surface area contributed by atoms with Gasteiger partial charge in [0.15, 0.2) is 0 Å². The average Bonchev–Trinajstić information content (AvgIpc) is 3.33. The van der Waals surface area contributed by atoms with Crippen molar-refractivity contribution in [2.24, 2.45) is 5.10 Å². The van der Waals surface area contributed by atoms with E-state index < -0.39 is 15.9 Å². The molecule has 10 heteroatoms. The number of aromatic nitrogens is 1. The van der Waals surface area contributed by atoms with Crippen molar-refractivity contribution >= 4 is 64.8 Å². The van der Waals surface area contributed by atoms with Gasteiger partial charge in [0.05, 0.1) is 21.3 Å². The van der Waals surface area contributed by atoms with Crippen LogP contribution in [0.1, 0.15) is 48.2 Å². The highest BCUT2D eigenvalue weighted by Crippen LogP contribution is 2.31. The van der Waals surface area contributed by atoms with Crippen LogP contribution >= 0.6 is 27.3 Å². The van der Waals surface area contributed by atoms with E-state index in [0.29, 0.717) is 23.8 Å². The van der Waals surface area contributed by atoms with Crippen LogP contribution in [0, 0.1) is 6.92 Å². The molecule has 0 saturated carbocycles. The molecule has 1 heterocycles. The third-order valence-electron chi connectivity index (χ3n) is 5.95. The maximum atomic E-state index is 13.7. The number of hydrogen-bond acceptors (Lipinski definition) is 6. The van der Waals surface area contributed by atoms with Crippen LogP contribution in [0.25, 0.3) is 10.2 Å². The van der Waals surface area contributed by atoms with Gasteiger partial charge in [-0.3, -0.25) is 4.79 Å². The maximum absolute atomic E-state index is 13.7. The van der Waals surface area contributed by atoms with Crippen LogP contribution in [-0.4, -0.2) is 42.9 Å². The fourth-order valence-corrected chi connectivity index (χ4v) is 6.57. The number of carbonyl (C=O) groups excluding carboxylic acids is 1. The first kappa shape index (κ1) is 28.1. The first-order valence-electron chi connectivity index (χ1n) is 12.3. The number of carbonyl (C=O) groups is 1. The fraction of sp³-hybridized carbons (Fsp3) is 0.250. The Kier molecular flexibility index (Phi) is 9.09. The predicted molar refractivity (Wildman–Crippen MR) is 159 cm³/mol. The van der Waals surface area contributed by atoms with Gasteiger partial charge in [-0.25, -0.2) is 13.4 Å². The van der Waals surface area contributed by atoms with E-state index in [1.807, 2.05) is 63.2 Å². The van der Waals surface area contributed by atoms with E-state index in [-0.39, 0.29) is 4.90 Å². The van der Waals surface area contributed by atoms with Gasteiger partial charge in [0.1, 0.15) is 0 Å². The van der Waals surface area contributed by atoms with E-state index in [1.165, 1.54) is 44.9 Å². The summed E-state index contributed by atoms with van der Waals surface area (Å²) < 4.78 is 29.6. The first-order chi connectivity index (χ1) is 18.2. The summed E-state index contributed by atoms with van der Waals surface area (Å²) in [5.41, 5.74) is 3.00. The van der Waals surface area contributed by atoms with Gasteiger partial charge >= 0.3 is 0 Å². The summed E-state index contributed by atoms with van der Waals surface area (Å²) in [4.78, 5) is 18.5. The SMILES string of the molecule is CCCCN(CC)S(=O)(=O)c1ccc(C(=O)N(/N=C/c2ccc(Br)cc2)c2nc3ccc(C)cc3s2)cc1. The Morgan fingerprint density at radius 3 is 2.42 bits per heavy atom. The van der Waals surface area contributed by atoms with Crippen LogP contribution in [-0.2, 0) is 10.0 Å². The molecule has 0 aliphatic carbocycles. The van der Waals surface area contributed by atoms with Crippen molar-refractivity contribution < 1.29 is 13.2 Å². The van der Waals surface area contributed by atoms with Gasteiger partial charge < -0.3 is 0 Å². The Hall–Kier alpha value is -2.92. The summed E-state index contributed by atoms with van der Waals surface area (Å²) in [5, 5.41) is 6.20. The molecule has 0 N–H and O–H groups in total. The number of aryl methyl sites for hydroxylation is 1. The molecule has 1 amide bonds. The largest absolute Gasteiger partial charge is 0.280 e. The van der Waals surface area contributed by atoms with Crippen LogP contribution in [0.15, 0.2) is 81.2 Å². The second-order valence-corrected chi connectivity index (χ2v) is 12.6. The first-order valence-corrected chi connectivity index (χ1v) is 15.4. The molecule has 0 bridgehead atoms. The second kappa shape index (κ2) is 12.3. The molecule has 7 nitrogen and oxygen atoms in total. The molecule has 0 aliphatic rings. The summed E-state index contributed by atoms with van der Waals surface area (Å²) in [5.74, 6) is -0.406. The maximum Gasteiger partial charge on any atom is 0.280 e. The Bertz CT molecular complexity index is 1550. The topological polar surface area (TPSA) is 82.9 Å². The molecule has 0 radical (unpaired) electrons. The molecule has 0 spiro atoms. The molecular weight excluding hydrogens is 584 g/mol. The molecule has 198 valence electrons. The van der Waals surface area contributed by atoms with Gasteiger partial charge in [0.2, 0.25) is 15.2 Å². The van der Waals surface area contributed by atoms with Crippen molar-refractivity contribution in [3.8, 4) is 0 Å². The third-order valence-corrected chi connectivity index (χ3v) is 9.46. The Balaban J connectivity index is 1.68. The van der Waals surface area contributed by atoms with Crippen molar-refractivity contribution in [1.29, 1.82) is 0 Å². The number of benzene rings is 3. The lowest BCUT2D eigenvalue weighted by atomic mass is 10.2. The number of hydrazone groups is 1. The molecule has 0 unspecified atom stereocenters. The molecule has 3 aromatic carbocycles. The summed E-state index contributed by atoms with van der Waals surface area (Å²) in [6.07, 6.45) is 3.30. The van der Waals surface area contributed by atoms with Gasteiger partial charge in [0, 0.05) is 23.1 Å². The van der Waals surface area contributed by atoms with Gasteiger partial charge in [0.25, 0.3) is 5.91 Å². The van der Waals surface area contributed by atoms with Crippen LogP contribution < -0.4 is 5.01 Å². The van der Waals surface area contributed by atoms with Crippen molar-refractivity contribution in [2.75, 3.05) is 18.1 Å². The quantitative estimate of drug-likeness (QED) is 0.145. The van der Waals surface area contributed by atoms with Crippen molar-refractivity contribution in [1.82, 2.24) is 9.29 Å². The minimum Gasteiger partial charge on any atom is -0.267 e. The fourth-order valence-electron chi connectivity index (χ4n) is 3.80. The van der Waals surface area contributed by atoms with E-state index in [9.17, 15) is 13.2 Å². The lowest BCUT2D eigenvalue weighted by Gasteiger charge is -2.20. The number of rotatable bonds is 10. The van der Waals surface area contributed by atoms with E-state index in [2.05, 4.69) is 26.0 Å². The highest BCUT2D eigenvalue weighted by atomic mass is 79.9. The lowest BCUT2D eigenvalue weighted by molar-refractivity contribution is 0.0987. The zero-order chi connectivity index (χ0) is 27.3. The van der Waals surface area contributed by atoms with E-state index in [4.69, 9.17) is 0 Å². The van der Waals surface area contributed by atoms with Gasteiger partial charge in [-0.1, -0.05) is 65.7 Å². The lowest BCUT2D eigenvalue weighted by Crippen LogP contribution is -2.32. The monoisotopic (exact) mass is 612 g/mol. The molecular formula is C28H29BrN4O3S2. The summed E-state index contributed by atoms with van der Waals surface area (Å²) >= 11 is 4.80. The van der Waals surface area contributed by atoms with E-state index >= 15 is 0 Å². The number of halogens is 1. The minimum absolute atomic E-state index is 0.160. The number of unbranched alkanes of at least 4 members (excludes halogenated alkanes) is 1. The molecule has 38 heavy (non-hydrogen) atoms. The van der Waals surface area contributed by atoms with Crippen molar-refractivity contribution in [3.63, 3.8) is 0 Å². The molecule has 4 aromatic rings. The highest BCUT2D eigenvalue weighted by Gasteiger charge is 2.25. The average molecular weight is 614 g/mol. The Morgan fingerprint density at radius 1 is 1.05 bits per heavy atom. The van der Waals surface area contributed by atoms with Crippen LogP contribution in [0.5, 0.6) is 0 Å². The number of fused-ring (bicyclic) bond motifs is 1. The van der Waals surface area contributed by atoms with Crippen LogP contribution in [0.3, 0.4) is 0 Å². The molecule has 0 saturated heterocycles. The zero-order valence-corrected chi connectivity index (χ0v) is 24.7. The van der Waals surface area contributed by atoms with Gasteiger partial charge in [-0.2, -0.15) is 14.4 Å². The number of thiazole rings is 1. The molecule has 0 atom stereocenters. The number of anilines is 1. The minimum atomic E-state index is -3.64. The van der Waals surface area contributed by atoms with Gasteiger partial charge in [-0.15, -0.1) is 0 Å². The van der Waals surface area contributed by atoms with Crippen LogP contribution in [0.2, 0.25) is 0 Å². The summed E-state index contributed by atoms with van der Waals surface area (Å²) in [6, 6.07) is 19.5. The molecule has 1 aromatic heterocycles. The number of amides is 1. The van der Waals surface area contributed by atoms with E-state index in [1.54, 1.807) is 6.21 Å².